The summed E-state index contributed by atoms with van der Waals surface area (Å²) < 4.78 is 11.1. The molecule has 0 heterocycles. The second-order valence-electron chi connectivity index (χ2n) is 7.56. The molecule has 4 nitrogen and oxygen atoms in total. The smallest absolute Gasteiger partial charge is 0.338 e. The molecule has 3 fully saturated rings. The van der Waals surface area contributed by atoms with E-state index >= 15 is 0 Å². The molecule has 1 aromatic carbocycles. The van der Waals surface area contributed by atoms with Crippen molar-refractivity contribution in [2.45, 2.75) is 44.9 Å². The van der Waals surface area contributed by atoms with Gasteiger partial charge < -0.3 is 14.6 Å². The molecule has 0 radical (unpaired) electrons. The van der Waals surface area contributed by atoms with Gasteiger partial charge >= 0.3 is 5.97 Å². The van der Waals surface area contributed by atoms with E-state index in [4.69, 9.17) is 9.47 Å². The number of carbonyl (C=O) groups is 1. The van der Waals surface area contributed by atoms with Crippen molar-refractivity contribution in [3.05, 3.63) is 29.3 Å². The average molecular weight is 328 g/mol. The predicted molar refractivity (Wildman–Crippen MR) is 90.9 cm³/mol. The molecule has 0 spiro atoms. The number of benzene rings is 1. The Labute approximate surface area is 142 Å². The third-order valence-electron chi connectivity index (χ3n) is 6.16. The summed E-state index contributed by atoms with van der Waals surface area (Å²) in [7, 11) is 1.55. The molecule has 0 aliphatic heterocycles. The third-order valence-corrected chi connectivity index (χ3v) is 6.16. The van der Waals surface area contributed by atoms with Crippen LogP contribution in [0.2, 0.25) is 0 Å². The highest BCUT2D eigenvalue weighted by Crippen LogP contribution is 2.50. The maximum absolute atomic E-state index is 12.7. The lowest BCUT2D eigenvalue weighted by atomic mass is 9.61. The van der Waals surface area contributed by atoms with Crippen molar-refractivity contribution in [1.82, 2.24) is 0 Å². The van der Waals surface area contributed by atoms with Crippen LogP contribution in [0.15, 0.2) is 18.2 Å². The molecule has 1 aromatic rings. The van der Waals surface area contributed by atoms with Gasteiger partial charge in [-0.1, -0.05) is 6.08 Å². The van der Waals surface area contributed by atoms with Gasteiger partial charge in [0.05, 0.1) is 19.3 Å². The molecule has 0 aromatic heterocycles. The second kappa shape index (κ2) is 5.83. The van der Waals surface area contributed by atoms with Crippen molar-refractivity contribution in [3.63, 3.8) is 0 Å². The first-order valence-corrected chi connectivity index (χ1v) is 8.88. The van der Waals surface area contributed by atoms with E-state index in [-0.39, 0.29) is 17.1 Å². The number of rotatable bonds is 4. The first kappa shape index (κ1) is 15.6. The largest absolute Gasteiger partial charge is 0.508 e. The number of phenolic OH excluding ortho intramolecular Hbond substituents is 1. The maximum atomic E-state index is 12.7. The molecule has 3 saturated carbocycles. The van der Waals surface area contributed by atoms with Crippen LogP contribution in [0.3, 0.4) is 0 Å². The van der Waals surface area contributed by atoms with Crippen molar-refractivity contribution in [3.8, 4) is 11.5 Å². The quantitative estimate of drug-likeness (QED) is 0.853. The normalized spacial score (nSPS) is 27.5. The highest BCUT2D eigenvalue weighted by molar-refractivity contribution is 6.19. The number of hydrogen-bond donors (Lipinski definition) is 1. The highest BCUT2D eigenvalue weighted by Gasteiger charge is 2.41. The number of ether oxygens (including phenoxy) is 2. The Morgan fingerprint density at radius 1 is 1.25 bits per heavy atom. The molecule has 0 unspecified atom stereocenters. The number of methoxy groups -OCH3 is 1. The van der Waals surface area contributed by atoms with Crippen molar-refractivity contribution >= 4 is 11.5 Å². The lowest BCUT2D eigenvalue weighted by molar-refractivity contribution is -0.142. The highest BCUT2D eigenvalue weighted by atomic mass is 16.5. The van der Waals surface area contributed by atoms with E-state index < -0.39 is 0 Å². The molecule has 1 N–H and O–H groups in total. The van der Waals surface area contributed by atoms with Crippen molar-refractivity contribution in [2.75, 3.05) is 13.7 Å². The average Bonchev–Trinajstić information content (AvgIpc) is 3.04. The first-order valence-electron chi connectivity index (χ1n) is 8.88. The number of carbonyl (C=O) groups excluding carboxylic acids is 1. The summed E-state index contributed by atoms with van der Waals surface area (Å²) in [6, 6.07) is 3.24. The summed E-state index contributed by atoms with van der Waals surface area (Å²) >= 11 is 0. The fourth-order valence-corrected chi connectivity index (χ4v) is 4.64. The lowest BCUT2D eigenvalue weighted by Crippen LogP contribution is -2.38. The van der Waals surface area contributed by atoms with Gasteiger partial charge in [0, 0.05) is 17.0 Å². The molecule has 2 bridgehead atoms. The number of allylic oxidation sites excluding steroid dienone is 1. The number of aromatic hydroxyl groups is 1. The Kier molecular flexibility index (Phi) is 3.78. The molecule has 0 amide bonds. The Morgan fingerprint density at radius 3 is 2.62 bits per heavy atom. The zero-order valence-electron chi connectivity index (χ0n) is 14.1. The zero-order chi connectivity index (χ0) is 16.7. The predicted octanol–water partition coefficient (Wildman–Crippen LogP) is 3.85. The molecule has 0 atom stereocenters. The fraction of sp³-hybridized carbons (Fsp3) is 0.550. The SMILES string of the molecule is COc1cc(O)cc2c1C(C(=O)OCC13CCC(CC1)CC3)=CC2. The molecule has 4 heteroatoms. The molecule has 128 valence electrons. The second-order valence-corrected chi connectivity index (χ2v) is 7.56. The molecular weight excluding hydrogens is 304 g/mol. The van der Waals surface area contributed by atoms with Crippen LogP contribution in [-0.4, -0.2) is 24.8 Å². The van der Waals surface area contributed by atoms with E-state index in [1.807, 2.05) is 6.08 Å². The van der Waals surface area contributed by atoms with Gasteiger partial charge in [-0.15, -0.1) is 0 Å². The van der Waals surface area contributed by atoms with Gasteiger partial charge in [-0.25, -0.2) is 4.79 Å². The minimum Gasteiger partial charge on any atom is -0.508 e. The zero-order valence-corrected chi connectivity index (χ0v) is 14.1. The number of hydrogen-bond acceptors (Lipinski definition) is 4. The Morgan fingerprint density at radius 2 is 1.96 bits per heavy atom. The Balaban J connectivity index is 1.49. The van der Waals surface area contributed by atoms with E-state index in [1.54, 1.807) is 19.2 Å². The number of esters is 1. The van der Waals surface area contributed by atoms with E-state index in [9.17, 15) is 9.90 Å². The summed E-state index contributed by atoms with van der Waals surface area (Å²) in [5.74, 6) is 1.33. The van der Waals surface area contributed by atoms with Crippen LogP contribution in [0.1, 0.15) is 49.7 Å². The van der Waals surface area contributed by atoms with Crippen molar-refractivity contribution in [1.29, 1.82) is 0 Å². The molecule has 24 heavy (non-hydrogen) atoms. The van der Waals surface area contributed by atoms with Crippen LogP contribution in [-0.2, 0) is 16.0 Å². The summed E-state index contributed by atoms with van der Waals surface area (Å²) in [6.07, 6.45) is 9.94. The van der Waals surface area contributed by atoms with Crippen LogP contribution >= 0.6 is 0 Å². The van der Waals surface area contributed by atoms with Gasteiger partial charge in [0.25, 0.3) is 0 Å². The van der Waals surface area contributed by atoms with E-state index in [0.29, 0.717) is 24.4 Å². The van der Waals surface area contributed by atoms with Gasteiger partial charge in [0.2, 0.25) is 0 Å². The van der Waals surface area contributed by atoms with E-state index in [0.717, 1.165) is 17.0 Å². The molecule has 0 saturated heterocycles. The topological polar surface area (TPSA) is 55.8 Å². The van der Waals surface area contributed by atoms with E-state index in [1.165, 1.54) is 38.5 Å². The monoisotopic (exact) mass is 328 g/mol. The molecular formula is C20H24O4. The van der Waals surface area contributed by atoms with E-state index in [2.05, 4.69) is 0 Å². The summed E-state index contributed by atoms with van der Waals surface area (Å²) in [5.41, 5.74) is 2.47. The minimum absolute atomic E-state index is 0.159. The number of fused-ring (bicyclic) bond motifs is 4. The number of phenols is 1. The van der Waals surface area contributed by atoms with Crippen LogP contribution in [0.4, 0.5) is 0 Å². The Bertz CT molecular complexity index is 682. The summed E-state index contributed by atoms with van der Waals surface area (Å²) in [6.45, 7) is 0.533. The summed E-state index contributed by atoms with van der Waals surface area (Å²) in [5, 5.41) is 9.76. The van der Waals surface area contributed by atoms with Crippen LogP contribution < -0.4 is 4.74 Å². The van der Waals surface area contributed by atoms with Gasteiger partial charge in [-0.05, 0) is 62.5 Å². The molecule has 4 aliphatic rings. The van der Waals surface area contributed by atoms with Crippen LogP contribution in [0, 0.1) is 11.3 Å². The fourth-order valence-electron chi connectivity index (χ4n) is 4.64. The van der Waals surface area contributed by atoms with Gasteiger partial charge in [-0.2, -0.15) is 0 Å². The van der Waals surface area contributed by atoms with Crippen molar-refractivity contribution < 1.29 is 19.4 Å². The molecule has 5 rings (SSSR count). The maximum Gasteiger partial charge on any atom is 0.338 e. The standard InChI is InChI=1S/C20H24O4/c1-23-17-11-15(21)10-14-2-3-16(18(14)17)19(22)24-12-20-7-4-13(5-8-20)6-9-20/h3,10-11,13,21H,2,4-9,12H2,1H3. The molecule has 4 aliphatic carbocycles. The first-order chi connectivity index (χ1) is 11.6. The summed E-state index contributed by atoms with van der Waals surface area (Å²) in [4.78, 5) is 12.7. The van der Waals surface area contributed by atoms with Gasteiger partial charge in [0.15, 0.2) is 0 Å². The third kappa shape index (κ3) is 2.58. The van der Waals surface area contributed by atoms with Gasteiger partial charge in [-0.3, -0.25) is 0 Å². The van der Waals surface area contributed by atoms with Crippen LogP contribution in [0.5, 0.6) is 11.5 Å². The van der Waals surface area contributed by atoms with Crippen LogP contribution in [0.25, 0.3) is 5.57 Å². The Hall–Kier alpha value is -1.97. The lowest BCUT2D eigenvalue weighted by Gasteiger charge is -2.46. The van der Waals surface area contributed by atoms with Gasteiger partial charge in [0.1, 0.15) is 11.5 Å². The van der Waals surface area contributed by atoms with Crippen molar-refractivity contribution in [2.24, 2.45) is 11.3 Å². The minimum atomic E-state index is -0.264.